The summed E-state index contributed by atoms with van der Waals surface area (Å²) in [6, 6.07) is 8.08. The number of ether oxygens (including phenoxy) is 1. The van der Waals surface area contributed by atoms with Crippen molar-refractivity contribution in [3.05, 3.63) is 40.1 Å². The van der Waals surface area contributed by atoms with Crippen LogP contribution in [0.5, 0.6) is 5.75 Å². The van der Waals surface area contributed by atoms with E-state index in [0.717, 1.165) is 34.7 Å². The molecule has 0 amide bonds. The Hall–Kier alpha value is -1.49. The molecular formula is C14H18BrN3O. The van der Waals surface area contributed by atoms with E-state index in [1.54, 1.807) is 7.11 Å². The quantitative estimate of drug-likeness (QED) is 0.913. The molecule has 2 aromatic rings. The van der Waals surface area contributed by atoms with Gasteiger partial charge in [0.2, 0.25) is 0 Å². The molecule has 1 heterocycles. The van der Waals surface area contributed by atoms with E-state index in [0.29, 0.717) is 0 Å². The van der Waals surface area contributed by atoms with E-state index in [1.807, 2.05) is 29.8 Å². The summed E-state index contributed by atoms with van der Waals surface area (Å²) in [4.78, 5) is 0. The number of aryl methyl sites for hydroxylation is 2. The first-order valence-corrected chi connectivity index (χ1v) is 7.04. The van der Waals surface area contributed by atoms with Gasteiger partial charge < -0.3 is 10.1 Å². The average molecular weight is 324 g/mol. The zero-order valence-corrected chi connectivity index (χ0v) is 13.0. The van der Waals surface area contributed by atoms with Gasteiger partial charge in [-0.2, -0.15) is 5.10 Å². The van der Waals surface area contributed by atoms with Gasteiger partial charge in [-0.05, 0) is 48.0 Å². The number of benzene rings is 1. The fraction of sp³-hybridized carbons (Fsp3) is 0.357. The van der Waals surface area contributed by atoms with Crippen molar-refractivity contribution in [1.29, 1.82) is 0 Å². The highest BCUT2D eigenvalue weighted by atomic mass is 79.9. The second kappa shape index (κ2) is 6.10. The molecule has 0 bridgehead atoms. The largest absolute Gasteiger partial charge is 0.495 e. The predicted octanol–water partition coefficient (Wildman–Crippen LogP) is 3.59. The Kier molecular flexibility index (Phi) is 4.47. The first-order valence-electron chi connectivity index (χ1n) is 6.24. The van der Waals surface area contributed by atoms with Gasteiger partial charge >= 0.3 is 0 Å². The highest BCUT2D eigenvalue weighted by molar-refractivity contribution is 9.10. The highest BCUT2D eigenvalue weighted by Gasteiger charge is 2.05. The molecule has 0 spiro atoms. The van der Waals surface area contributed by atoms with Gasteiger partial charge in [0.25, 0.3) is 0 Å². The van der Waals surface area contributed by atoms with E-state index in [4.69, 9.17) is 4.74 Å². The standard InChI is InChI=1S/C14H18BrN3O/c1-4-18-12(7-10(2)17-18)9-16-11-5-6-13(15)14(8-11)19-3/h5-8,16H,4,9H2,1-3H3. The van der Waals surface area contributed by atoms with E-state index in [1.165, 1.54) is 5.69 Å². The van der Waals surface area contributed by atoms with Gasteiger partial charge in [0.1, 0.15) is 5.75 Å². The van der Waals surface area contributed by atoms with Crippen LogP contribution in [-0.2, 0) is 13.1 Å². The molecule has 0 radical (unpaired) electrons. The first kappa shape index (κ1) is 13.9. The van der Waals surface area contributed by atoms with Crippen LogP contribution in [0.25, 0.3) is 0 Å². The number of halogens is 1. The number of aromatic nitrogens is 2. The van der Waals surface area contributed by atoms with Crippen molar-refractivity contribution in [2.45, 2.75) is 26.9 Å². The fourth-order valence-corrected chi connectivity index (χ4v) is 2.39. The molecule has 0 saturated heterocycles. The lowest BCUT2D eigenvalue weighted by atomic mass is 10.3. The molecule has 0 fully saturated rings. The maximum atomic E-state index is 5.28. The molecule has 0 aliphatic heterocycles. The molecule has 1 aromatic carbocycles. The van der Waals surface area contributed by atoms with Crippen molar-refractivity contribution >= 4 is 21.6 Å². The third kappa shape index (κ3) is 3.29. The van der Waals surface area contributed by atoms with Gasteiger partial charge in [0.15, 0.2) is 0 Å². The number of methoxy groups -OCH3 is 1. The third-order valence-electron chi connectivity index (χ3n) is 2.91. The van der Waals surface area contributed by atoms with Crippen LogP contribution in [-0.4, -0.2) is 16.9 Å². The van der Waals surface area contributed by atoms with Gasteiger partial charge in [-0.25, -0.2) is 0 Å². The van der Waals surface area contributed by atoms with Gasteiger partial charge in [-0.3, -0.25) is 4.68 Å². The summed E-state index contributed by atoms with van der Waals surface area (Å²) >= 11 is 3.45. The lowest BCUT2D eigenvalue weighted by molar-refractivity contribution is 0.412. The minimum Gasteiger partial charge on any atom is -0.495 e. The van der Waals surface area contributed by atoms with E-state index < -0.39 is 0 Å². The number of rotatable bonds is 5. The van der Waals surface area contributed by atoms with Crippen molar-refractivity contribution in [3.63, 3.8) is 0 Å². The highest BCUT2D eigenvalue weighted by Crippen LogP contribution is 2.28. The minimum absolute atomic E-state index is 0.749. The number of hydrogen-bond donors (Lipinski definition) is 1. The van der Waals surface area contributed by atoms with Gasteiger partial charge in [-0.1, -0.05) is 0 Å². The maximum absolute atomic E-state index is 5.28. The number of nitrogens with one attached hydrogen (secondary N) is 1. The monoisotopic (exact) mass is 323 g/mol. The normalized spacial score (nSPS) is 10.5. The van der Waals surface area contributed by atoms with Crippen molar-refractivity contribution in [1.82, 2.24) is 9.78 Å². The zero-order chi connectivity index (χ0) is 13.8. The van der Waals surface area contributed by atoms with Crippen LogP contribution >= 0.6 is 15.9 Å². The molecule has 0 atom stereocenters. The number of hydrogen-bond acceptors (Lipinski definition) is 3. The molecule has 4 nitrogen and oxygen atoms in total. The van der Waals surface area contributed by atoms with Crippen LogP contribution < -0.4 is 10.1 Å². The van der Waals surface area contributed by atoms with E-state index in [2.05, 4.69) is 39.3 Å². The summed E-state index contributed by atoms with van der Waals surface area (Å²) < 4.78 is 8.25. The third-order valence-corrected chi connectivity index (χ3v) is 3.56. The van der Waals surface area contributed by atoms with Crippen molar-refractivity contribution in [3.8, 4) is 5.75 Å². The van der Waals surface area contributed by atoms with E-state index in [9.17, 15) is 0 Å². The summed E-state index contributed by atoms with van der Waals surface area (Å²) in [5.41, 5.74) is 3.26. The first-order chi connectivity index (χ1) is 9.13. The zero-order valence-electron chi connectivity index (χ0n) is 11.4. The van der Waals surface area contributed by atoms with E-state index >= 15 is 0 Å². The Morgan fingerprint density at radius 3 is 2.84 bits per heavy atom. The molecule has 5 heteroatoms. The SMILES string of the molecule is CCn1nc(C)cc1CNc1ccc(Br)c(OC)c1. The Labute approximate surface area is 121 Å². The smallest absolute Gasteiger partial charge is 0.135 e. The van der Waals surface area contributed by atoms with Gasteiger partial charge in [0.05, 0.1) is 29.5 Å². The molecule has 0 aliphatic carbocycles. The lowest BCUT2D eigenvalue weighted by Crippen LogP contribution is -2.07. The minimum atomic E-state index is 0.749. The summed E-state index contributed by atoms with van der Waals surface area (Å²) in [7, 11) is 1.67. The summed E-state index contributed by atoms with van der Waals surface area (Å²) in [6.45, 7) is 5.74. The predicted molar refractivity (Wildman–Crippen MR) is 80.7 cm³/mol. The lowest BCUT2D eigenvalue weighted by Gasteiger charge is -2.10. The molecule has 0 aliphatic rings. The summed E-state index contributed by atoms with van der Waals surface area (Å²) in [5, 5.41) is 7.82. The van der Waals surface area contributed by atoms with Crippen molar-refractivity contribution in [2.75, 3.05) is 12.4 Å². The second-order valence-electron chi connectivity index (χ2n) is 4.30. The molecule has 102 valence electrons. The van der Waals surface area contributed by atoms with Crippen molar-refractivity contribution in [2.24, 2.45) is 0 Å². The molecule has 1 aromatic heterocycles. The molecule has 2 rings (SSSR count). The Balaban J connectivity index is 2.09. The van der Waals surface area contributed by atoms with E-state index in [-0.39, 0.29) is 0 Å². The van der Waals surface area contributed by atoms with Crippen LogP contribution in [0.4, 0.5) is 5.69 Å². The maximum Gasteiger partial charge on any atom is 0.135 e. The summed E-state index contributed by atoms with van der Waals surface area (Å²) in [6.07, 6.45) is 0. The molecule has 0 saturated carbocycles. The van der Waals surface area contributed by atoms with Crippen LogP contribution in [0.1, 0.15) is 18.3 Å². The summed E-state index contributed by atoms with van der Waals surface area (Å²) in [5.74, 6) is 0.824. The molecular weight excluding hydrogens is 306 g/mol. The Bertz CT molecular complexity index is 566. The topological polar surface area (TPSA) is 39.1 Å². The molecule has 1 N–H and O–H groups in total. The fourth-order valence-electron chi connectivity index (χ4n) is 1.98. The van der Waals surface area contributed by atoms with Gasteiger partial charge in [0, 0.05) is 18.3 Å². The average Bonchev–Trinajstić information content (AvgIpc) is 2.78. The molecule has 19 heavy (non-hydrogen) atoms. The van der Waals surface area contributed by atoms with Crippen LogP contribution in [0.15, 0.2) is 28.7 Å². The van der Waals surface area contributed by atoms with Crippen LogP contribution in [0.3, 0.4) is 0 Å². The van der Waals surface area contributed by atoms with Crippen LogP contribution in [0.2, 0.25) is 0 Å². The molecule has 0 unspecified atom stereocenters. The number of nitrogens with zero attached hydrogens (tertiary/aromatic N) is 2. The second-order valence-corrected chi connectivity index (χ2v) is 5.15. The number of anilines is 1. The Morgan fingerprint density at radius 1 is 1.37 bits per heavy atom. The Morgan fingerprint density at radius 2 is 2.16 bits per heavy atom. The van der Waals surface area contributed by atoms with Gasteiger partial charge in [-0.15, -0.1) is 0 Å². The van der Waals surface area contributed by atoms with Crippen molar-refractivity contribution < 1.29 is 4.74 Å². The van der Waals surface area contributed by atoms with Crippen LogP contribution in [0, 0.1) is 6.92 Å².